The highest BCUT2D eigenvalue weighted by Gasteiger charge is 2.27. The average molecular weight is 429 g/mol. The number of piperidine rings is 1. The molecule has 30 heavy (non-hydrogen) atoms. The molecule has 1 aliphatic heterocycles. The smallest absolute Gasteiger partial charge is 0.223 e. The Morgan fingerprint density at radius 1 is 1.10 bits per heavy atom. The molecule has 162 valence electrons. The van der Waals surface area contributed by atoms with Crippen LogP contribution in [0, 0.1) is 11.8 Å². The number of nitrogens with zero attached hydrogens (tertiary/aromatic N) is 1. The average Bonchev–Trinajstić information content (AvgIpc) is 2.75. The number of ether oxygens (including phenoxy) is 1. The van der Waals surface area contributed by atoms with E-state index in [-0.39, 0.29) is 17.9 Å². The summed E-state index contributed by atoms with van der Waals surface area (Å²) in [5, 5.41) is 4.10. The Morgan fingerprint density at radius 2 is 1.73 bits per heavy atom. The molecule has 1 aliphatic rings. The Labute approximate surface area is 185 Å². The lowest BCUT2D eigenvalue weighted by atomic mass is 9.92. The standard InChI is InChI=1S/C25H33ClN2O2/c1-18(2)16-24(20-6-10-23(30-3)11-7-20)27-25(29)21-12-14-28(15-13-21)17-19-4-8-22(26)9-5-19/h4-11,18,21,24H,12-17H2,1-3H3,(H,27,29). The van der Waals surface area contributed by atoms with E-state index in [2.05, 4.69) is 48.3 Å². The van der Waals surface area contributed by atoms with Crippen molar-refractivity contribution in [3.05, 3.63) is 64.7 Å². The van der Waals surface area contributed by atoms with Gasteiger partial charge in [-0.05, 0) is 73.7 Å². The Morgan fingerprint density at radius 3 is 2.30 bits per heavy atom. The number of nitrogens with one attached hydrogen (secondary N) is 1. The van der Waals surface area contributed by atoms with E-state index in [1.54, 1.807) is 7.11 Å². The molecular formula is C25H33ClN2O2. The van der Waals surface area contributed by atoms with Crippen LogP contribution in [-0.2, 0) is 11.3 Å². The molecule has 2 aromatic rings. The summed E-state index contributed by atoms with van der Waals surface area (Å²) in [5.74, 6) is 1.60. The second kappa shape index (κ2) is 10.8. The molecule has 5 heteroatoms. The molecule has 4 nitrogen and oxygen atoms in total. The van der Waals surface area contributed by atoms with E-state index in [9.17, 15) is 4.79 Å². The summed E-state index contributed by atoms with van der Waals surface area (Å²) in [5.41, 5.74) is 2.40. The minimum Gasteiger partial charge on any atom is -0.497 e. The van der Waals surface area contributed by atoms with Crippen LogP contribution in [0.4, 0.5) is 0 Å². The summed E-state index contributed by atoms with van der Waals surface area (Å²) >= 11 is 5.98. The second-order valence-electron chi connectivity index (χ2n) is 8.64. The van der Waals surface area contributed by atoms with E-state index in [0.29, 0.717) is 5.92 Å². The molecule has 1 N–H and O–H groups in total. The van der Waals surface area contributed by atoms with E-state index in [1.165, 1.54) is 5.56 Å². The Balaban J connectivity index is 1.55. The lowest BCUT2D eigenvalue weighted by molar-refractivity contribution is -0.127. The van der Waals surface area contributed by atoms with Gasteiger partial charge in [0.2, 0.25) is 5.91 Å². The third-order valence-corrected chi connectivity index (χ3v) is 6.07. The van der Waals surface area contributed by atoms with Crippen molar-refractivity contribution in [1.82, 2.24) is 10.2 Å². The lowest BCUT2D eigenvalue weighted by Crippen LogP contribution is -2.41. The third kappa shape index (κ3) is 6.48. The Bertz CT molecular complexity index is 797. The number of benzene rings is 2. The first-order valence-corrected chi connectivity index (χ1v) is 11.2. The van der Waals surface area contributed by atoms with Crippen LogP contribution >= 0.6 is 11.6 Å². The van der Waals surface area contributed by atoms with Crippen LogP contribution in [0.1, 0.15) is 50.3 Å². The fourth-order valence-electron chi connectivity index (χ4n) is 4.08. The van der Waals surface area contributed by atoms with Crippen LogP contribution in [0.25, 0.3) is 0 Å². The third-order valence-electron chi connectivity index (χ3n) is 5.82. The number of amides is 1. The molecule has 0 aromatic heterocycles. The number of carbonyl (C=O) groups is 1. The zero-order chi connectivity index (χ0) is 21.5. The fourth-order valence-corrected chi connectivity index (χ4v) is 4.20. The monoisotopic (exact) mass is 428 g/mol. The summed E-state index contributed by atoms with van der Waals surface area (Å²) in [4.78, 5) is 15.4. The largest absolute Gasteiger partial charge is 0.497 e. The van der Waals surface area contributed by atoms with Crippen molar-refractivity contribution in [3.63, 3.8) is 0 Å². The molecule has 0 bridgehead atoms. The van der Waals surface area contributed by atoms with Crippen LogP contribution in [0.15, 0.2) is 48.5 Å². The number of rotatable bonds is 8. The minimum absolute atomic E-state index is 0.0375. The number of likely N-dealkylation sites (tertiary alicyclic amines) is 1. The molecule has 0 aliphatic carbocycles. The van der Waals surface area contributed by atoms with Crippen molar-refractivity contribution >= 4 is 17.5 Å². The quantitative estimate of drug-likeness (QED) is 0.606. The maximum Gasteiger partial charge on any atom is 0.223 e. The van der Waals surface area contributed by atoms with Gasteiger partial charge < -0.3 is 10.1 Å². The number of halogens is 1. The maximum absolute atomic E-state index is 13.0. The molecule has 1 fully saturated rings. The summed E-state index contributed by atoms with van der Waals surface area (Å²) in [6.07, 6.45) is 2.72. The van der Waals surface area contributed by atoms with Crippen molar-refractivity contribution in [3.8, 4) is 5.75 Å². The molecular weight excluding hydrogens is 396 g/mol. The molecule has 1 saturated heterocycles. The van der Waals surface area contributed by atoms with E-state index >= 15 is 0 Å². The zero-order valence-electron chi connectivity index (χ0n) is 18.2. The fraction of sp³-hybridized carbons (Fsp3) is 0.480. The zero-order valence-corrected chi connectivity index (χ0v) is 19.0. The van der Waals surface area contributed by atoms with Gasteiger partial charge in [-0.2, -0.15) is 0 Å². The lowest BCUT2D eigenvalue weighted by Gasteiger charge is -2.32. The molecule has 0 saturated carbocycles. The molecule has 0 radical (unpaired) electrons. The molecule has 1 unspecified atom stereocenters. The molecule has 3 rings (SSSR count). The van der Waals surface area contributed by atoms with Crippen molar-refractivity contribution in [2.75, 3.05) is 20.2 Å². The van der Waals surface area contributed by atoms with Gasteiger partial charge in [0, 0.05) is 17.5 Å². The van der Waals surface area contributed by atoms with Crippen molar-refractivity contribution in [1.29, 1.82) is 0 Å². The molecule has 0 spiro atoms. The first-order valence-electron chi connectivity index (χ1n) is 10.9. The van der Waals surface area contributed by atoms with Crippen molar-refractivity contribution in [2.45, 2.75) is 45.7 Å². The van der Waals surface area contributed by atoms with Gasteiger partial charge in [-0.25, -0.2) is 0 Å². The van der Waals surface area contributed by atoms with Gasteiger partial charge in [0.05, 0.1) is 13.2 Å². The van der Waals surface area contributed by atoms with Crippen LogP contribution in [0.2, 0.25) is 5.02 Å². The highest BCUT2D eigenvalue weighted by Crippen LogP contribution is 2.26. The van der Waals surface area contributed by atoms with Gasteiger partial charge in [-0.3, -0.25) is 9.69 Å². The Kier molecular flexibility index (Phi) is 8.17. The summed E-state index contributed by atoms with van der Waals surface area (Å²) in [6, 6.07) is 16.1. The van der Waals surface area contributed by atoms with Gasteiger partial charge in [0.15, 0.2) is 0 Å². The number of carbonyl (C=O) groups excluding carboxylic acids is 1. The highest BCUT2D eigenvalue weighted by atomic mass is 35.5. The Hall–Kier alpha value is -2.04. The van der Waals surface area contributed by atoms with Gasteiger partial charge in [-0.1, -0.05) is 49.7 Å². The van der Waals surface area contributed by atoms with Gasteiger partial charge >= 0.3 is 0 Å². The SMILES string of the molecule is COc1ccc(C(CC(C)C)NC(=O)C2CCN(Cc3ccc(Cl)cc3)CC2)cc1. The molecule has 1 heterocycles. The van der Waals surface area contributed by atoms with E-state index in [4.69, 9.17) is 16.3 Å². The van der Waals surface area contributed by atoms with Crippen LogP contribution in [-0.4, -0.2) is 31.0 Å². The normalized spacial score (nSPS) is 16.4. The van der Waals surface area contributed by atoms with Gasteiger partial charge in [-0.15, -0.1) is 0 Å². The van der Waals surface area contributed by atoms with Crippen LogP contribution in [0.3, 0.4) is 0 Å². The van der Waals surface area contributed by atoms with E-state index in [1.807, 2.05) is 24.3 Å². The molecule has 2 aromatic carbocycles. The summed E-state index contributed by atoms with van der Waals surface area (Å²) in [6.45, 7) is 7.18. The van der Waals surface area contributed by atoms with Crippen LogP contribution < -0.4 is 10.1 Å². The molecule has 1 amide bonds. The molecule has 1 atom stereocenters. The topological polar surface area (TPSA) is 41.6 Å². The number of hydrogen-bond acceptors (Lipinski definition) is 3. The van der Waals surface area contributed by atoms with Crippen molar-refractivity contribution in [2.24, 2.45) is 11.8 Å². The predicted molar refractivity (Wildman–Crippen MR) is 123 cm³/mol. The first-order chi connectivity index (χ1) is 14.4. The first kappa shape index (κ1) is 22.6. The van der Waals surface area contributed by atoms with Crippen molar-refractivity contribution < 1.29 is 9.53 Å². The van der Waals surface area contributed by atoms with Crippen LogP contribution in [0.5, 0.6) is 5.75 Å². The number of methoxy groups -OCH3 is 1. The maximum atomic E-state index is 13.0. The van der Waals surface area contributed by atoms with Gasteiger partial charge in [0.1, 0.15) is 5.75 Å². The van der Waals surface area contributed by atoms with E-state index < -0.39 is 0 Å². The summed E-state index contributed by atoms with van der Waals surface area (Å²) < 4.78 is 5.27. The number of hydrogen-bond donors (Lipinski definition) is 1. The predicted octanol–water partition coefficient (Wildman–Crippen LogP) is 5.46. The highest BCUT2D eigenvalue weighted by molar-refractivity contribution is 6.30. The van der Waals surface area contributed by atoms with E-state index in [0.717, 1.165) is 55.2 Å². The summed E-state index contributed by atoms with van der Waals surface area (Å²) in [7, 11) is 1.67. The van der Waals surface area contributed by atoms with Gasteiger partial charge in [0.25, 0.3) is 0 Å². The minimum atomic E-state index is 0.0375. The second-order valence-corrected chi connectivity index (χ2v) is 9.08.